The lowest BCUT2D eigenvalue weighted by molar-refractivity contribution is -0.121. The number of hydrogen-bond acceptors (Lipinski definition) is 7. The smallest absolute Gasteiger partial charge is 0.342 e. The van der Waals surface area contributed by atoms with Crippen molar-refractivity contribution in [3.05, 3.63) is 48.7 Å². The van der Waals surface area contributed by atoms with Crippen LogP contribution in [-0.2, 0) is 11.2 Å². The fourth-order valence-electron chi connectivity index (χ4n) is 2.02. The van der Waals surface area contributed by atoms with Gasteiger partial charge in [0.05, 0.1) is 24.9 Å². The van der Waals surface area contributed by atoms with Crippen LogP contribution in [0.25, 0.3) is 0 Å². The number of benzene rings is 1. The Balaban J connectivity index is 1.95. The van der Waals surface area contributed by atoms with E-state index in [1.165, 1.54) is 20.4 Å². The topological polar surface area (TPSA) is 139 Å². The molecule has 0 spiro atoms. The third kappa shape index (κ3) is 5.02. The Kier molecular flexibility index (Phi) is 6.67. The molecule has 0 fully saturated rings. The number of aromatic nitrogens is 3. The van der Waals surface area contributed by atoms with Gasteiger partial charge in [-0.05, 0) is 33.6 Å². The number of methoxy groups -OCH3 is 2. The summed E-state index contributed by atoms with van der Waals surface area (Å²) in [7, 11) is 3.04. The van der Waals surface area contributed by atoms with E-state index in [1.807, 2.05) is 4.98 Å². The number of carbonyl (C=O) groups is 1. The minimum Gasteiger partial charge on any atom is -0.493 e. The number of hydrogen-bond donors (Lipinski definition) is 3. The largest absolute Gasteiger partial charge is 0.493 e. The highest BCUT2D eigenvalue weighted by atomic mass is 79.9. The standard InChI is InChI=1S/C15H16BrN5O5/c1-25-11-6-8(5-9(16)13(11)26-2)7-17-20-12(22)4-3-10-14(23)18-15(24)21-19-10/h5-7H,3-4H2,1-2H3,(H,20,22)(H2,18,21,23,24). The molecule has 0 saturated carbocycles. The predicted molar refractivity (Wildman–Crippen MR) is 96.8 cm³/mol. The number of nitrogens with zero attached hydrogens (tertiary/aromatic N) is 2. The summed E-state index contributed by atoms with van der Waals surface area (Å²) in [4.78, 5) is 36.2. The first-order chi connectivity index (χ1) is 12.4. The molecule has 1 amide bonds. The van der Waals surface area contributed by atoms with Crippen LogP contribution >= 0.6 is 15.9 Å². The van der Waals surface area contributed by atoms with Gasteiger partial charge in [0.15, 0.2) is 11.5 Å². The Hall–Kier alpha value is -2.95. The number of carbonyl (C=O) groups excluding carboxylic acids is 1. The lowest BCUT2D eigenvalue weighted by atomic mass is 10.2. The summed E-state index contributed by atoms with van der Waals surface area (Å²) in [5, 5.41) is 9.55. The fraction of sp³-hybridized carbons (Fsp3) is 0.267. The van der Waals surface area contributed by atoms with Crippen LogP contribution in [0.1, 0.15) is 17.7 Å². The molecule has 0 aliphatic carbocycles. The minimum absolute atomic E-state index is 0.0188. The molecule has 1 heterocycles. The van der Waals surface area contributed by atoms with Crippen molar-refractivity contribution >= 4 is 28.1 Å². The number of ether oxygens (including phenoxy) is 2. The van der Waals surface area contributed by atoms with Crippen molar-refractivity contribution in [2.24, 2.45) is 5.10 Å². The summed E-state index contributed by atoms with van der Waals surface area (Å²) in [6, 6.07) is 3.45. The SMILES string of the molecule is COc1cc(C=NNC(=O)CCc2n[nH]c(=O)[nH]c2=O)cc(Br)c1OC. The summed E-state index contributed by atoms with van der Waals surface area (Å²) < 4.78 is 11.1. The van der Waals surface area contributed by atoms with E-state index in [1.54, 1.807) is 12.1 Å². The number of halogens is 1. The van der Waals surface area contributed by atoms with E-state index in [9.17, 15) is 14.4 Å². The maximum atomic E-state index is 11.8. The van der Waals surface area contributed by atoms with Crippen LogP contribution in [0.4, 0.5) is 0 Å². The van der Waals surface area contributed by atoms with Crippen molar-refractivity contribution < 1.29 is 14.3 Å². The molecule has 1 aromatic heterocycles. The Labute approximate surface area is 155 Å². The number of hydrazone groups is 1. The van der Waals surface area contributed by atoms with Crippen LogP contribution in [0.5, 0.6) is 11.5 Å². The second-order valence-electron chi connectivity index (χ2n) is 4.98. The highest BCUT2D eigenvalue weighted by Gasteiger charge is 2.10. The molecule has 0 aliphatic rings. The zero-order valence-corrected chi connectivity index (χ0v) is 15.5. The molecule has 3 N–H and O–H groups in total. The molecule has 0 unspecified atom stereocenters. The van der Waals surface area contributed by atoms with Crippen LogP contribution in [0.15, 0.2) is 31.3 Å². The van der Waals surface area contributed by atoms with Crippen LogP contribution in [0, 0.1) is 0 Å². The van der Waals surface area contributed by atoms with Crippen molar-refractivity contribution in [2.45, 2.75) is 12.8 Å². The highest BCUT2D eigenvalue weighted by Crippen LogP contribution is 2.35. The van der Waals surface area contributed by atoms with Crippen LogP contribution in [-0.4, -0.2) is 41.5 Å². The molecule has 2 rings (SSSR count). The molecular weight excluding hydrogens is 410 g/mol. The van der Waals surface area contributed by atoms with Crippen LogP contribution in [0.2, 0.25) is 0 Å². The third-order valence-electron chi connectivity index (χ3n) is 3.23. The Morgan fingerprint density at radius 3 is 2.77 bits per heavy atom. The van der Waals surface area contributed by atoms with Gasteiger partial charge in [-0.3, -0.25) is 14.6 Å². The number of H-pyrrole nitrogens is 2. The molecule has 2 aromatic rings. The second kappa shape index (κ2) is 8.94. The van der Waals surface area contributed by atoms with Crippen molar-refractivity contribution in [3.63, 3.8) is 0 Å². The number of rotatable bonds is 7. The summed E-state index contributed by atoms with van der Waals surface area (Å²) >= 11 is 3.36. The average molecular weight is 426 g/mol. The number of aromatic amines is 2. The van der Waals surface area contributed by atoms with Crippen molar-refractivity contribution in [1.29, 1.82) is 0 Å². The zero-order chi connectivity index (χ0) is 19.1. The van der Waals surface area contributed by atoms with Gasteiger partial charge in [-0.2, -0.15) is 10.2 Å². The summed E-state index contributed by atoms with van der Waals surface area (Å²) in [6.45, 7) is 0. The zero-order valence-electron chi connectivity index (χ0n) is 14.0. The summed E-state index contributed by atoms with van der Waals surface area (Å²) in [6.07, 6.45) is 1.49. The Bertz CT molecular complexity index is 937. The van der Waals surface area contributed by atoms with Crippen LogP contribution < -0.4 is 26.1 Å². The average Bonchev–Trinajstić information content (AvgIpc) is 2.60. The van der Waals surface area contributed by atoms with Crippen LogP contribution in [0.3, 0.4) is 0 Å². The summed E-state index contributed by atoms with van der Waals surface area (Å²) in [5.41, 5.74) is 1.76. The summed E-state index contributed by atoms with van der Waals surface area (Å²) in [5.74, 6) is 0.651. The van der Waals surface area contributed by atoms with Gasteiger partial charge in [-0.15, -0.1) is 0 Å². The number of nitrogens with one attached hydrogen (secondary N) is 3. The second-order valence-corrected chi connectivity index (χ2v) is 5.84. The van der Waals surface area contributed by atoms with Gasteiger partial charge < -0.3 is 9.47 Å². The van der Waals surface area contributed by atoms with Gasteiger partial charge >= 0.3 is 5.69 Å². The monoisotopic (exact) mass is 425 g/mol. The molecule has 26 heavy (non-hydrogen) atoms. The van der Waals surface area contributed by atoms with Crippen molar-refractivity contribution in [2.75, 3.05) is 14.2 Å². The van der Waals surface area contributed by atoms with Gasteiger partial charge in [0.1, 0.15) is 5.69 Å². The van der Waals surface area contributed by atoms with Gasteiger partial charge in [-0.1, -0.05) is 0 Å². The van der Waals surface area contributed by atoms with E-state index < -0.39 is 17.2 Å². The van der Waals surface area contributed by atoms with E-state index in [-0.39, 0.29) is 18.5 Å². The maximum Gasteiger partial charge on any atom is 0.342 e. The molecule has 1 aromatic carbocycles. The molecule has 0 aliphatic heterocycles. The molecule has 0 atom stereocenters. The predicted octanol–water partition coefficient (Wildman–Crippen LogP) is 0.321. The lowest BCUT2D eigenvalue weighted by Crippen LogP contribution is -2.28. The number of aryl methyl sites for hydroxylation is 1. The van der Waals surface area contributed by atoms with E-state index in [0.29, 0.717) is 21.5 Å². The number of amides is 1. The van der Waals surface area contributed by atoms with E-state index in [0.717, 1.165) is 0 Å². The molecule has 0 bridgehead atoms. The quantitative estimate of drug-likeness (QED) is 0.431. The Morgan fingerprint density at radius 1 is 1.35 bits per heavy atom. The first-order valence-electron chi connectivity index (χ1n) is 7.36. The molecule has 0 saturated heterocycles. The van der Waals surface area contributed by atoms with Gasteiger partial charge in [0, 0.05) is 12.8 Å². The molecular formula is C15H16BrN5O5. The fourth-order valence-corrected chi connectivity index (χ4v) is 2.64. The minimum atomic E-state index is -0.700. The molecule has 10 nitrogen and oxygen atoms in total. The first-order valence-corrected chi connectivity index (χ1v) is 8.15. The lowest BCUT2D eigenvalue weighted by Gasteiger charge is -2.10. The maximum absolute atomic E-state index is 11.8. The van der Waals surface area contributed by atoms with Gasteiger partial charge in [-0.25, -0.2) is 15.3 Å². The normalized spacial score (nSPS) is 10.7. The molecule has 0 radical (unpaired) electrons. The van der Waals surface area contributed by atoms with Crippen molar-refractivity contribution in [1.82, 2.24) is 20.6 Å². The van der Waals surface area contributed by atoms with Gasteiger partial charge in [0.2, 0.25) is 5.91 Å². The highest BCUT2D eigenvalue weighted by molar-refractivity contribution is 9.10. The van der Waals surface area contributed by atoms with E-state index >= 15 is 0 Å². The molecule has 138 valence electrons. The van der Waals surface area contributed by atoms with Crippen molar-refractivity contribution in [3.8, 4) is 11.5 Å². The Morgan fingerprint density at radius 2 is 2.12 bits per heavy atom. The third-order valence-corrected chi connectivity index (χ3v) is 3.82. The van der Waals surface area contributed by atoms with E-state index in [2.05, 4.69) is 36.7 Å². The van der Waals surface area contributed by atoms with E-state index in [4.69, 9.17) is 9.47 Å². The van der Waals surface area contributed by atoms with Gasteiger partial charge in [0.25, 0.3) is 5.56 Å². The first kappa shape index (κ1) is 19.4. The molecule has 11 heteroatoms.